The fourth-order valence-electron chi connectivity index (χ4n) is 17.9. The van der Waals surface area contributed by atoms with Gasteiger partial charge in [-0.25, -0.2) is 0 Å². The Morgan fingerprint density at radius 1 is 0.237 bits per heavy atom. The van der Waals surface area contributed by atoms with Gasteiger partial charge < -0.3 is 0 Å². The SMILES string of the molecule is CCCCCCC1CCCC2CCCCCC(C)S(=O)(=O)OS(=O)(=O)C(C)CCC3CCC(CCCC(CCC(CCC)S(=O)(=O)OS(=O)(=O)C(CC)CCC4CCCC5CCC(C(CC)S(=O)(=O)OS(=O)(=O)C(CC)CCC(S(=O)(=O)O)C(CCC(S(=O)(=O)O)C(CCCCC(CCC)S(=O)(=O)O)S(=O)(=O)OS4(=O)=O)S(=O)(=O)OS5(=O)=O)S(=O)(=O)OS3(=O)=O)S(=O)(=O)OS1(=O)=O)S(=O)(=O)OS2(=O)=O. The average molecular weight is 2380 g/mol. The van der Waals surface area contributed by atoms with Gasteiger partial charge in [-0.2, -0.15) is 160 Å². The molecule has 8 bridgehead atoms. The lowest BCUT2D eigenvalue weighted by atomic mass is 10.0. The van der Waals surface area contributed by atoms with Crippen LogP contribution in [0.1, 0.15) is 338 Å². The monoisotopic (exact) mass is 2380 g/mol. The van der Waals surface area contributed by atoms with Crippen LogP contribution in [0.25, 0.3) is 0 Å². The van der Waals surface area contributed by atoms with E-state index in [0.717, 1.165) is 27.7 Å². The Morgan fingerprint density at radius 2 is 0.554 bits per heavy atom. The van der Waals surface area contributed by atoms with E-state index >= 15 is 75.8 Å². The maximum Gasteiger partial charge on any atom is 0.286 e. The van der Waals surface area contributed by atoms with Gasteiger partial charge in [-0.15, -0.1) is 29.0 Å². The van der Waals surface area contributed by atoms with Crippen LogP contribution in [0, 0.1) is 0 Å². The minimum atomic E-state index is -6.84. The lowest BCUT2D eigenvalue weighted by Gasteiger charge is -2.31. The Morgan fingerprint density at radius 3 is 0.993 bits per heavy atom. The van der Waals surface area contributed by atoms with Crippen molar-refractivity contribution in [3.63, 3.8) is 0 Å². The first-order chi connectivity index (χ1) is 63.3. The van der Waals surface area contributed by atoms with Gasteiger partial charge in [0.15, 0.2) is 0 Å². The maximum absolute atomic E-state index is 15.8. The molecule has 139 heavy (non-hydrogen) atoms. The minimum Gasteiger partial charge on any atom is -0.285 e. The fraction of sp³-hybridized carbons (Fsp3) is 1.00. The quantitative estimate of drug-likeness (QED) is 0.0870. The normalized spacial score (nSPS) is 34.8. The molecule has 5 heterocycles. The van der Waals surface area contributed by atoms with Crippen LogP contribution in [-0.4, -0.2) is 273 Å². The van der Waals surface area contributed by atoms with E-state index in [1.54, 1.807) is 6.92 Å². The van der Waals surface area contributed by atoms with E-state index < -0.39 is 504 Å². The summed E-state index contributed by atoms with van der Waals surface area (Å²) < 4.78 is 633. The molecule has 0 amide bonds. The fourth-order valence-corrected chi connectivity index (χ4v) is 52.4. The van der Waals surface area contributed by atoms with Gasteiger partial charge >= 0.3 is 0 Å². The van der Waals surface area contributed by atoms with Crippen molar-refractivity contribution >= 4 is 192 Å². The highest BCUT2D eigenvalue weighted by Crippen LogP contribution is 2.42. The Kier molecular flexibility index (Phi) is 47.1. The van der Waals surface area contributed by atoms with Gasteiger partial charge in [-0.3, -0.25) is 13.7 Å². The minimum absolute atomic E-state index is 0.0559. The molecule has 3 N–H and O–H groups in total. The van der Waals surface area contributed by atoms with E-state index in [9.17, 15) is 97.8 Å². The molecule has 5 aliphatic rings. The Bertz CT molecular complexity index is 6500. The predicted octanol–water partition coefficient (Wildman–Crippen LogP) is 6.45. The smallest absolute Gasteiger partial charge is 0.285 e. The van der Waals surface area contributed by atoms with E-state index in [4.69, 9.17) is 29.0 Å². The van der Waals surface area contributed by atoms with Gasteiger partial charge in [0, 0.05) is 0 Å². The zero-order valence-corrected chi connectivity index (χ0v) is 93.5. The van der Waals surface area contributed by atoms with Crippen molar-refractivity contribution in [3.8, 4) is 0 Å². The van der Waals surface area contributed by atoms with Crippen LogP contribution < -0.4 is 0 Å². The third-order valence-corrected chi connectivity index (χ3v) is 63.5. The molecular weight excluding hydrogens is 2250 g/mol. The number of fused-ring (bicyclic) bond motifs is 16. The molecule has 0 aromatic heterocycles. The van der Waals surface area contributed by atoms with Crippen LogP contribution in [0.3, 0.4) is 0 Å². The molecule has 5 rings (SSSR count). The van der Waals surface area contributed by atoms with E-state index in [1.807, 2.05) is 0 Å². The van der Waals surface area contributed by atoms with E-state index in [-0.39, 0.29) is 51.4 Å². The van der Waals surface area contributed by atoms with Crippen LogP contribution >= 0.6 is 0 Å². The molecule has 826 valence electrons. The standard InChI is InChI=1S/C71H134O49S19/c1-9-15-16-19-30-59-32-23-33-60-31-20-17-18-28-53(7)124(81,82)113-125(83,84)54(8)39-40-65-46-45-63(132(97,98)116-130(60,93)94)36-24-35-62(131(95,96)115-129(59,91)92)44-43-58(27-11-3)128(89,90)114-126(85,86)55(12-4)41-42-61-34-25-37-64-48-50-70(138(109,110)120-135(65,103)104)66(14-6)136(105,106)117-127(87,88)56(13-5)47-49-67(122(75,76)77)71(139(111,112)119-134(64,101)102)52-51-68(123(78,79)80)69(137(107,108)118-133(61,99)100)38-22-21-29-57(26-10-2)121(72,73)74/h53-71H,9-52H2,1-8H3,(H,72,73,74)(H,75,76,77)(H,78,79,80). The summed E-state index contributed by atoms with van der Waals surface area (Å²) in [6.45, 7) is 8.89. The lowest BCUT2D eigenvalue weighted by molar-refractivity contribution is 0.385. The second kappa shape index (κ2) is 51.2. The van der Waals surface area contributed by atoms with Gasteiger partial charge in [0.1, 0.15) is 31.5 Å². The summed E-state index contributed by atoms with van der Waals surface area (Å²) in [5.41, 5.74) is 0. The highest BCUT2D eigenvalue weighted by atomic mass is 32.3. The molecule has 68 heteroatoms. The first-order valence-corrected chi connectivity index (χ1v) is 73.7. The maximum atomic E-state index is 15.8. The highest BCUT2D eigenvalue weighted by molar-refractivity contribution is 8.05. The second-order valence-corrected chi connectivity index (χ2v) is 71.9. The van der Waals surface area contributed by atoms with Crippen molar-refractivity contribution in [2.45, 2.75) is 438 Å². The summed E-state index contributed by atoms with van der Waals surface area (Å²) in [5.74, 6) is 0. The van der Waals surface area contributed by atoms with Gasteiger partial charge in [0.05, 0.1) is 68.2 Å². The van der Waals surface area contributed by atoms with Crippen LogP contribution in [0.15, 0.2) is 0 Å². The molecule has 5 saturated heterocycles. The van der Waals surface area contributed by atoms with E-state index in [1.165, 1.54) is 13.8 Å². The van der Waals surface area contributed by atoms with Crippen LogP contribution in [-0.2, 0) is 221 Å². The molecule has 0 aromatic rings. The molecule has 19 atom stereocenters. The Labute approximate surface area is 824 Å². The Balaban J connectivity index is 2.05. The molecule has 5 aliphatic heterocycles. The average Bonchev–Trinajstić information content (AvgIpc) is 0.761. The summed E-state index contributed by atoms with van der Waals surface area (Å²) in [5, 5.41) is -50.2. The highest BCUT2D eigenvalue weighted by Gasteiger charge is 2.55. The zero-order valence-electron chi connectivity index (χ0n) is 78.0. The van der Waals surface area contributed by atoms with Crippen molar-refractivity contribution in [3.05, 3.63) is 0 Å². The van der Waals surface area contributed by atoms with Gasteiger partial charge in [0.25, 0.3) is 192 Å². The van der Waals surface area contributed by atoms with E-state index in [2.05, 4.69) is 0 Å². The molecule has 0 radical (unpaired) electrons. The molecule has 5 fully saturated rings. The molecular formula is C71H134O49S19. The summed E-state index contributed by atoms with van der Waals surface area (Å²) in [4.78, 5) is 0. The van der Waals surface area contributed by atoms with Crippen LogP contribution in [0.5, 0.6) is 0 Å². The molecule has 0 saturated carbocycles. The van der Waals surface area contributed by atoms with Crippen molar-refractivity contribution in [2.24, 2.45) is 0 Å². The molecule has 0 aromatic carbocycles. The van der Waals surface area contributed by atoms with Crippen molar-refractivity contribution < 1.29 is 203 Å². The van der Waals surface area contributed by atoms with Crippen molar-refractivity contribution in [1.29, 1.82) is 0 Å². The van der Waals surface area contributed by atoms with Gasteiger partial charge in [-0.1, -0.05) is 131 Å². The molecule has 49 nitrogen and oxygen atoms in total. The largest absolute Gasteiger partial charge is 0.286 e. The first kappa shape index (κ1) is 128. The topological polar surface area (TPSA) is 783 Å². The van der Waals surface area contributed by atoms with Crippen molar-refractivity contribution in [2.75, 3.05) is 0 Å². The lowest BCUT2D eigenvalue weighted by Crippen LogP contribution is -2.47. The summed E-state index contributed by atoms with van der Waals surface area (Å²) in [7, 11) is -115. The summed E-state index contributed by atoms with van der Waals surface area (Å²) >= 11 is 0. The number of unbranched alkanes of at least 4 members (excludes halogenated alkanes) is 4. The molecule has 19 unspecified atom stereocenters. The number of hydrogen-bond donors (Lipinski definition) is 3. The van der Waals surface area contributed by atoms with Crippen LogP contribution in [0.2, 0.25) is 0 Å². The van der Waals surface area contributed by atoms with E-state index in [0.29, 0.717) is 26.2 Å². The Hall–Kier alpha value is -1.39. The summed E-state index contributed by atoms with van der Waals surface area (Å²) in [6, 6.07) is 0. The first-order valence-electron chi connectivity index (χ1n) is 45.7. The second-order valence-electron chi connectivity index (χ2n) is 36.1. The zero-order chi connectivity index (χ0) is 106. The third kappa shape index (κ3) is 37.0. The van der Waals surface area contributed by atoms with Gasteiger partial charge in [0.2, 0.25) is 0 Å². The number of hydrogen-bond acceptors (Lipinski definition) is 46. The predicted molar refractivity (Wildman–Crippen MR) is 507 cm³/mol. The number of rotatable bonds is 20. The van der Waals surface area contributed by atoms with Crippen molar-refractivity contribution in [1.82, 2.24) is 0 Å². The molecule has 0 spiro atoms. The molecule has 0 aliphatic carbocycles. The van der Waals surface area contributed by atoms with Crippen LogP contribution in [0.4, 0.5) is 0 Å². The third-order valence-electron chi connectivity index (χ3n) is 26.1. The summed E-state index contributed by atoms with van der Waals surface area (Å²) in [6.07, 6.45) is -39.3. The van der Waals surface area contributed by atoms with Gasteiger partial charge in [-0.05, 0) is 206 Å².